The minimum absolute atomic E-state index is 0.124. The third-order valence-corrected chi connectivity index (χ3v) is 3.59. The maximum atomic E-state index is 13.0. The standard InChI is InChI=1S/C11H12BrFN2O/c12-8-2-1-7(13)5-9(8)15-10(16)11(6-14)3-4-11/h1-2,5H,3-4,6,14H2,(H,15,16). The van der Waals surface area contributed by atoms with E-state index in [1.807, 2.05) is 0 Å². The molecule has 0 bridgehead atoms. The largest absolute Gasteiger partial charge is 0.329 e. The third-order valence-electron chi connectivity index (χ3n) is 2.90. The van der Waals surface area contributed by atoms with Crippen molar-refractivity contribution in [2.24, 2.45) is 11.1 Å². The van der Waals surface area contributed by atoms with E-state index < -0.39 is 5.41 Å². The van der Waals surface area contributed by atoms with E-state index in [2.05, 4.69) is 21.2 Å². The van der Waals surface area contributed by atoms with Crippen LogP contribution in [0.4, 0.5) is 10.1 Å². The summed E-state index contributed by atoms with van der Waals surface area (Å²) in [5.41, 5.74) is 5.57. The van der Waals surface area contributed by atoms with Crippen LogP contribution in [0.3, 0.4) is 0 Å². The van der Waals surface area contributed by atoms with Crippen molar-refractivity contribution in [3.05, 3.63) is 28.5 Å². The van der Waals surface area contributed by atoms with Gasteiger partial charge in [-0.2, -0.15) is 0 Å². The minimum atomic E-state index is -0.425. The molecule has 0 spiro atoms. The Morgan fingerprint density at radius 1 is 1.56 bits per heavy atom. The summed E-state index contributed by atoms with van der Waals surface area (Å²) in [5.74, 6) is -0.502. The Hall–Kier alpha value is -0.940. The van der Waals surface area contributed by atoms with E-state index >= 15 is 0 Å². The lowest BCUT2D eigenvalue weighted by Gasteiger charge is -2.13. The molecule has 0 aliphatic heterocycles. The van der Waals surface area contributed by atoms with Crippen molar-refractivity contribution in [2.75, 3.05) is 11.9 Å². The Kier molecular flexibility index (Phi) is 2.99. The number of anilines is 1. The number of amides is 1. The molecule has 0 radical (unpaired) electrons. The predicted octanol–water partition coefficient (Wildman–Crippen LogP) is 2.27. The maximum Gasteiger partial charge on any atom is 0.231 e. The lowest BCUT2D eigenvalue weighted by molar-refractivity contribution is -0.120. The first-order valence-corrected chi connectivity index (χ1v) is 5.83. The molecule has 86 valence electrons. The van der Waals surface area contributed by atoms with Gasteiger partial charge in [-0.25, -0.2) is 4.39 Å². The number of nitrogens with one attached hydrogen (secondary N) is 1. The molecule has 0 aromatic heterocycles. The normalized spacial score (nSPS) is 16.9. The van der Waals surface area contributed by atoms with Crippen LogP contribution in [-0.2, 0) is 4.79 Å². The summed E-state index contributed by atoms with van der Waals surface area (Å²) < 4.78 is 13.7. The van der Waals surface area contributed by atoms with Crippen LogP contribution in [0.2, 0.25) is 0 Å². The third kappa shape index (κ3) is 2.10. The van der Waals surface area contributed by atoms with E-state index in [0.29, 0.717) is 16.7 Å². The molecule has 0 saturated heterocycles. The Bertz CT molecular complexity index is 432. The number of hydrogen-bond donors (Lipinski definition) is 2. The molecule has 3 nitrogen and oxygen atoms in total. The van der Waals surface area contributed by atoms with Crippen molar-refractivity contribution in [3.63, 3.8) is 0 Å². The van der Waals surface area contributed by atoms with Crippen LogP contribution in [0.15, 0.2) is 22.7 Å². The highest BCUT2D eigenvalue weighted by Gasteiger charge is 2.48. The number of carbonyl (C=O) groups is 1. The Morgan fingerprint density at radius 3 is 2.81 bits per heavy atom. The molecule has 1 aromatic rings. The lowest BCUT2D eigenvalue weighted by Crippen LogP contribution is -2.30. The zero-order valence-corrected chi connectivity index (χ0v) is 10.2. The maximum absolute atomic E-state index is 13.0. The Labute approximate surface area is 101 Å². The van der Waals surface area contributed by atoms with Crippen molar-refractivity contribution < 1.29 is 9.18 Å². The van der Waals surface area contributed by atoms with Crippen molar-refractivity contribution in [2.45, 2.75) is 12.8 Å². The average Bonchev–Trinajstić information content (AvgIpc) is 3.04. The monoisotopic (exact) mass is 286 g/mol. The SMILES string of the molecule is NCC1(C(=O)Nc2cc(F)ccc2Br)CC1. The van der Waals surface area contributed by atoms with Crippen LogP contribution in [0.25, 0.3) is 0 Å². The summed E-state index contributed by atoms with van der Waals surface area (Å²) >= 11 is 3.26. The van der Waals surface area contributed by atoms with Crippen LogP contribution in [0.1, 0.15) is 12.8 Å². The van der Waals surface area contributed by atoms with Crippen molar-refractivity contribution in [1.29, 1.82) is 0 Å². The molecular formula is C11H12BrFN2O. The van der Waals surface area contributed by atoms with Crippen molar-refractivity contribution in [3.8, 4) is 0 Å². The number of benzene rings is 1. The molecule has 16 heavy (non-hydrogen) atoms. The summed E-state index contributed by atoms with van der Waals surface area (Å²) in [6.07, 6.45) is 1.62. The topological polar surface area (TPSA) is 55.1 Å². The minimum Gasteiger partial charge on any atom is -0.329 e. The fourth-order valence-corrected chi connectivity index (χ4v) is 1.87. The molecule has 0 atom stereocenters. The molecule has 2 rings (SSSR count). The van der Waals surface area contributed by atoms with E-state index in [0.717, 1.165) is 12.8 Å². The first-order valence-electron chi connectivity index (χ1n) is 5.04. The van der Waals surface area contributed by atoms with Crippen LogP contribution in [-0.4, -0.2) is 12.5 Å². The van der Waals surface area contributed by atoms with Gasteiger partial charge in [-0.3, -0.25) is 4.79 Å². The first-order chi connectivity index (χ1) is 7.57. The number of carbonyl (C=O) groups excluding carboxylic acids is 1. The zero-order chi connectivity index (χ0) is 11.8. The van der Waals surface area contributed by atoms with Gasteiger partial charge in [0, 0.05) is 11.0 Å². The quantitative estimate of drug-likeness (QED) is 0.896. The summed E-state index contributed by atoms with van der Waals surface area (Å²) in [7, 11) is 0. The number of rotatable bonds is 3. The highest BCUT2D eigenvalue weighted by molar-refractivity contribution is 9.10. The van der Waals surface area contributed by atoms with Gasteiger partial charge in [0.05, 0.1) is 11.1 Å². The van der Waals surface area contributed by atoms with E-state index in [-0.39, 0.29) is 11.7 Å². The molecule has 3 N–H and O–H groups in total. The second-order valence-electron chi connectivity index (χ2n) is 4.06. The van der Waals surface area contributed by atoms with Crippen molar-refractivity contribution >= 4 is 27.5 Å². The molecule has 1 fully saturated rings. The highest BCUT2D eigenvalue weighted by atomic mass is 79.9. The lowest BCUT2D eigenvalue weighted by atomic mass is 10.1. The predicted molar refractivity (Wildman–Crippen MR) is 63.5 cm³/mol. The smallest absolute Gasteiger partial charge is 0.231 e. The van der Waals surface area contributed by atoms with Gasteiger partial charge in [-0.15, -0.1) is 0 Å². The zero-order valence-electron chi connectivity index (χ0n) is 8.59. The molecule has 5 heteroatoms. The van der Waals surface area contributed by atoms with E-state index in [4.69, 9.17) is 5.73 Å². The molecule has 1 aliphatic carbocycles. The molecular weight excluding hydrogens is 275 g/mol. The van der Waals surface area contributed by atoms with E-state index in [9.17, 15) is 9.18 Å². The van der Waals surface area contributed by atoms with Gasteiger partial charge >= 0.3 is 0 Å². The first kappa shape index (κ1) is 11.5. The van der Waals surface area contributed by atoms with Gasteiger partial charge in [-0.1, -0.05) is 0 Å². The fraction of sp³-hybridized carbons (Fsp3) is 0.364. The molecule has 1 saturated carbocycles. The number of hydrogen-bond acceptors (Lipinski definition) is 2. The Balaban J connectivity index is 2.15. The summed E-state index contributed by atoms with van der Waals surface area (Å²) in [4.78, 5) is 11.9. The second-order valence-corrected chi connectivity index (χ2v) is 4.92. The second kappa shape index (κ2) is 4.14. The molecule has 1 amide bonds. The van der Waals surface area contributed by atoms with Crippen molar-refractivity contribution in [1.82, 2.24) is 0 Å². The van der Waals surface area contributed by atoms with Gasteiger partial charge < -0.3 is 11.1 Å². The molecule has 0 unspecified atom stereocenters. The van der Waals surface area contributed by atoms with E-state index in [1.54, 1.807) is 6.07 Å². The van der Waals surface area contributed by atoms with Gasteiger partial charge in [0.15, 0.2) is 0 Å². The number of nitrogens with two attached hydrogens (primary N) is 1. The summed E-state index contributed by atoms with van der Waals surface area (Å²) in [5, 5.41) is 2.70. The van der Waals surface area contributed by atoms with Gasteiger partial charge in [-0.05, 0) is 47.0 Å². The van der Waals surface area contributed by atoms with Crippen LogP contribution < -0.4 is 11.1 Å². The van der Waals surface area contributed by atoms with E-state index in [1.165, 1.54) is 12.1 Å². The Morgan fingerprint density at radius 2 is 2.25 bits per heavy atom. The average molecular weight is 287 g/mol. The van der Waals surface area contributed by atoms with Crippen LogP contribution >= 0.6 is 15.9 Å². The van der Waals surface area contributed by atoms with Gasteiger partial charge in [0.2, 0.25) is 5.91 Å². The van der Waals surface area contributed by atoms with Crippen LogP contribution in [0.5, 0.6) is 0 Å². The summed E-state index contributed by atoms with van der Waals surface area (Å²) in [6, 6.07) is 4.18. The molecule has 1 aliphatic rings. The van der Waals surface area contributed by atoms with Gasteiger partial charge in [0.1, 0.15) is 5.82 Å². The van der Waals surface area contributed by atoms with Crippen LogP contribution in [0, 0.1) is 11.2 Å². The molecule has 1 aromatic carbocycles. The van der Waals surface area contributed by atoms with Gasteiger partial charge in [0.25, 0.3) is 0 Å². The fourth-order valence-electron chi connectivity index (χ4n) is 1.52. The molecule has 0 heterocycles. The highest BCUT2D eigenvalue weighted by Crippen LogP contribution is 2.45. The number of halogens is 2. The summed E-state index contributed by atoms with van der Waals surface area (Å²) in [6.45, 7) is 0.339.